The third kappa shape index (κ3) is 2.83. The normalized spacial score (nSPS) is 27.5. The van der Waals surface area contributed by atoms with Gasteiger partial charge in [-0.3, -0.25) is 4.79 Å². The number of aliphatic hydroxyl groups is 1. The van der Waals surface area contributed by atoms with Gasteiger partial charge < -0.3 is 14.7 Å². The Kier molecular flexibility index (Phi) is 4.34. The van der Waals surface area contributed by atoms with Crippen LogP contribution in [0, 0.1) is 5.41 Å². The summed E-state index contributed by atoms with van der Waals surface area (Å²) < 4.78 is 4.68. The molecule has 0 bridgehead atoms. The number of ether oxygens (including phenoxy) is 1. The topological polar surface area (TPSA) is 66.8 Å². The van der Waals surface area contributed by atoms with Crippen molar-refractivity contribution in [3.8, 4) is 0 Å². The van der Waals surface area contributed by atoms with Gasteiger partial charge in [0.25, 0.3) is 0 Å². The van der Waals surface area contributed by atoms with Gasteiger partial charge in [0.1, 0.15) is 0 Å². The van der Waals surface area contributed by atoms with Gasteiger partial charge in [-0.25, -0.2) is 4.79 Å². The molecule has 2 aliphatic rings. The van der Waals surface area contributed by atoms with E-state index >= 15 is 0 Å². The molecule has 1 aromatic rings. The number of benzene rings is 1. The largest absolute Gasteiger partial charge is 0.465 e. The van der Waals surface area contributed by atoms with Crippen LogP contribution in [-0.2, 0) is 9.53 Å². The number of halogens is 1. The Morgan fingerprint density at radius 3 is 2.65 bits per heavy atom. The second kappa shape index (κ2) is 6.13. The van der Waals surface area contributed by atoms with Crippen LogP contribution < -0.4 is 4.90 Å². The summed E-state index contributed by atoms with van der Waals surface area (Å²) in [6.07, 6.45) is 3.30. The molecule has 1 saturated heterocycles. The number of aliphatic hydroxyl groups excluding tert-OH is 1. The number of methoxy groups -OCH3 is 1. The zero-order chi connectivity index (χ0) is 16.6. The molecule has 1 amide bonds. The maximum atomic E-state index is 12.9. The van der Waals surface area contributed by atoms with Gasteiger partial charge in [-0.1, -0.05) is 11.6 Å². The second-order valence-corrected chi connectivity index (χ2v) is 6.78. The smallest absolute Gasteiger partial charge is 0.337 e. The number of anilines is 1. The molecule has 3 rings (SSSR count). The molecule has 23 heavy (non-hydrogen) atoms. The van der Waals surface area contributed by atoms with Crippen LogP contribution >= 0.6 is 11.6 Å². The molecule has 0 atom stereocenters. The lowest BCUT2D eigenvalue weighted by Crippen LogP contribution is -2.38. The fourth-order valence-electron chi connectivity index (χ4n) is 3.64. The van der Waals surface area contributed by atoms with Gasteiger partial charge >= 0.3 is 5.97 Å². The minimum absolute atomic E-state index is 0.0807. The standard InChI is InChI=1S/C17H20ClNO4/c1-23-15(21)11-2-3-14(13(18)10-11)19-9-8-17(16(19)22)6-4-12(20)5-7-17/h2-3,10,12,20H,4-9H2,1H3. The fraction of sp³-hybridized carbons (Fsp3) is 0.529. The molecule has 1 spiro atoms. The molecule has 1 aliphatic carbocycles. The monoisotopic (exact) mass is 337 g/mol. The van der Waals surface area contributed by atoms with Crippen molar-refractivity contribution < 1.29 is 19.4 Å². The molecule has 2 fully saturated rings. The molecular weight excluding hydrogens is 318 g/mol. The lowest BCUT2D eigenvalue weighted by atomic mass is 9.72. The number of amides is 1. The third-order valence-electron chi connectivity index (χ3n) is 5.08. The highest BCUT2D eigenvalue weighted by atomic mass is 35.5. The van der Waals surface area contributed by atoms with Gasteiger partial charge in [-0.15, -0.1) is 0 Å². The zero-order valence-electron chi connectivity index (χ0n) is 13.0. The van der Waals surface area contributed by atoms with Crippen molar-refractivity contribution in [2.45, 2.75) is 38.2 Å². The second-order valence-electron chi connectivity index (χ2n) is 6.38. The molecule has 0 aromatic heterocycles. The van der Waals surface area contributed by atoms with Gasteiger partial charge in [0.2, 0.25) is 5.91 Å². The van der Waals surface area contributed by atoms with Gasteiger partial charge in [0.05, 0.1) is 34.9 Å². The van der Waals surface area contributed by atoms with E-state index in [1.165, 1.54) is 13.2 Å². The summed E-state index contributed by atoms with van der Waals surface area (Å²) in [7, 11) is 1.31. The van der Waals surface area contributed by atoms with E-state index in [1.807, 2.05) is 0 Å². The molecule has 1 aliphatic heterocycles. The molecule has 0 radical (unpaired) electrons. The van der Waals surface area contributed by atoms with Crippen LogP contribution in [0.15, 0.2) is 18.2 Å². The van der Waals surface area contributed by atoms with Gasteiger partial charge in [0, 0.05) is 6.54 Å². The summed E-state index contributed by atoms with van der Waals surface area (Å²) >= 11 is 6.28. The third-order valence-corrected chi connectivity index (χ3v) is 5.39. The SMILES string of the molecule is COC(=O)c1ccc(N2CCC3(CCC(O)CC3)C2=O)c(Cl)c1. The van der Waals surface area contributed by atoms with Crippen LogP contribution in [0.2, 0.25) is 5.02 Å². The first-order chi connectivity index (χ1) is 11.0. The van der Waals surface area contributed by atoms with E-state index in [0.717, 1.165) is 19.3 Å². The Bertz CT molecular complexity index is 637. The van der Waals surface area contributed by atoms with Crippen LogP contribution in [0.4, 0.5) is 5.69 Å². The number of hydrogen-bond donors (Lipinski definition) is 1. The van der Waals surface area contributed by atoms with Crippen molar-refractivity contribution in [1.29, 1.82) is 0 Å². The summed E-state index contributed by atoms with van der Waals surface area (Å²) in [5.74, 6) is -0.374. The van der Waals surface area contributed by atoms with E-state index in [1.54, 1.807) is 17.0 Å². The average molecular weight is 338 g/mol. The van der Waals surface area contributed by atoms with Crippen LogP contribution in [0.5, 0.6) is 0 Å². The number of nitrogens with zero attached hydrogens (tertiary/aromatic N) is 1. The first-order valence-electron chi connectivity index (χ1n) is 7.85. The predicted octanol–water partition coefficient (Wildman–Crippen LogP) is 2.78. The predicted molar refractivity (Wildman–Crippen MR) is 86.7 cm³/mol. The molecular formula is C17H20ClNO4. The maximum absolute atomic E-state index is 12.9. The highest BCUT2D eigenvalue weighted by Crippen LogP contribution is 2.47. The molecule has 1 saturated carbocycles. The Morgan fingerprint density at radius 2 is 2.04 bits per heavy atom. The number of esters is 1. The molecule has 124 valence electrons. The number of carbonyl (C=O) groups excluding carboxylic acids is 2. The Balaban J connectivity index is 1.83. The zero-order valence-corrected chi connectivity index (χ0v) is 13.8. The average Bonchev–Trinajstić information content (AvgIpc) is 2.86. The van der Waals surface area contributed by atoms with E-state index < -0.39 is 5.97 Å². The first kappa shape index (κ1) is 16.3. The van der Waals surface area contributed by atoms with Gasteiger partial charge in [-0.2, -0.15) is 0 Å². The molecule has 1 N–H and O–H groups in total. The van der Waals surface area contributed by atoms with E-state index in [2.05, 4.69) is 4.74 Å². The maximum Gasteiger partial charge on any atom is 0.337 e. The van der Waals surface area contributed by atoms with Crippen LogP contribution in [0.1, 0.15) is 42.5 Å². The summed E-state index contributed by atoms with van der Waals surface area (Å²) in [6.45, 7) is 0.617. The van der Waals surface area contributed by atoms with Crippen LogP contribution in [-0.4, -0.2) is 36.7 Å². The van der Waals surface area contributed by atoms with E-state index in [-0.39, 0.29) is 17.4 Å². The molecule has 1 heterocycles. The number of carbonyl (C=O) groups is 2. The van der Waals surface area contributed by atoms with Crippen molar-refractivity contribution in [2.24, 2.45) is 5.41 Å². The van der Waals surface area contributed by atoms with Crippen molar-refractivity contribution in [2.75, 3.05) is 18.6 Å². The molecule has 1 aromatic carbocycles. The first-order valence-corrected chi connectivity index (χ1v) is 8.22. The highest BCUT2D eigenvalue weighted by molar-refractivity contribution is 6.34. The quantitative estimate of drug-likeness (QED) is 0.843. The minimum atomic E-state index is -0.455. The van der Waals surface area contributed by atoms with E-state index in [0.29, 0.717) is 35.7 Å². The van der Waals surface area contributed by atoms with Crippen molar-refractivity contribution in [3.63, 3.8) is 0 Å². The van der Waals surface area contributed by atoms with Crippen molar-refractivity contribution in [3.05, 3.63) is 28.8 Å². The Hall–Kier alpha value is -1.59. The van der Waals surface area contributed by atoms with Crippen LogP contribution in [0.3, 0.4) is 0 Å². The minimum Gasteiger partial charge on any atom is -0.465 e. The van der Waals surface area contributed by atoms with Crippen molar-refractivity contribution in [1.82, 2.24) is 0 Å². The molecule has 5 nitrogen and oxygen atoms in total. The van der Waals surface area contributed by atoms with Gasteiger partial charge in [0.15, 0.2) is 0 Å². The summed E-state index contributed by atoms with van der Waals surface area (Å²) in [5.41, 5.74) is 0.638. The van der Waals surface area contributed by atoms with Gasteiger partial charge in [-0.05, 0) is 50.3 Å². The lowest BCUT2D eigenvalue weighted by Gasteiger charge is -2.33. The molecule has 0 unspecified atom stereocenters. The van der Waals surface area contributed by atoms with E-state index in [9.17, 15) is 14.7 Å². The highest BCUT2D eigenvalue weighted by Gasteiger charge is 2.48. The summed E-state index contributed by atoms with van der Waals surface area (Å²) in [4.78, 5) is 26.2. The van der Waals surface area contributed by atoms with Crippen LogP contribution in [0.25, 0.3) is 0 Å². The Labute approximate surface area is 140 Å². The number of hydrogen-bond acceptors (Lipinski definition) is 4. The molecule has 6 heteroatoms. The van der Waals surface area contributed by atoms with E-state index in [4.69, 9.17) is 11.6 Å². The Morgan fingerprint density at radius 1 is 1.35 bits per heavy atom. The fourth-order valence-corrected chi connectivity index (χ4v) is 3.92. The summed E-state index contributed by atoms with van der Waals surface area (Å²) in [6, 6.07) is 4.85. The van der Waals surface area contributed by atoms with Crippen molar-refractivity contribution >= 4 is 29.2 Å². The summed E-state index contributed by atoms with van der Waals surface area (Å²) in [5, 5.41) is 10.1. The lowest BCUT2D eigenvalue weighted by molar-refractivity contribution is -0.128. The number of rotatable bonds is 2.